The lowest BCUT2D eigenvalue weighted by Crippen LogP contribution is -2.20. The summed E-state index contributed by atoms with van der Waals surface area (Å²) in [5.74, 6) is -0.251. The third-order valence-electron chi connectivity index (χ3n) is 5.07. The zero-order valence-electron chi connectivity index (χ0n) is 14.5. The van der Waals surface area contributed by atoms with Crippen molar-refractivity contribution in [2.24, 2.45) is 5.92 Å². The highest BCUT2D eigenvalue weighted by atomic mass is 19.1. The summed E-state index contributed by atoms with van der Waals surface area (Å²) in [5, 5.41) is 0. The highest BCUT2D eigenvalue weighted by Crippen LogP contribution is 2.34. The van der Waals surface area contributed by atoms with Gasteiger partial charge in [0, 0.05) is 0 Å². The molecule has 1 saturated carbocycles. The van der Waals surface area contributed by atoms with Gasteiger partial charge < -0.3 is 4.74 Å². The van der Waals surface area contributed by atoms with Crippen LogP contribution in [0.25, 0.3) is 0 Å². The van der Waals surface area contributed by atoms with Crippen molar-refractivity contribution < 1.29 is 13.9 Å². The Morgan fingerprint density at radius 3 is 2.36 bits per heavy atom. The Bertz CT molecular complexity index is 660. The van der Waals surface area contributed by atoms with Gasteiger partial charge in [0.05, 0.1) is 5.92 Å². The predicted octanol–water partition coefficient (Wildman–Crippen LogP) is 5.62. The lowest BCUT2D eigenvalue weighted by molar-refractivity contribution is -0.147. The standard InChI is InChI=1S/C22H25FO2/c23-20-13-11-19(12-14-20)21(15-17-7-3-1-4-8-17)22(24)25-16-18-9-5-2-6-10-18/h2,5-6,9-14,17,21H,1,3-4,7-8,15-16H2/t21-/m1/s1. The van der Waals surface area contributed by atoms with E-state index in [0.29, 0.717) is 5.92 Å². The van der Waals surface area contributed by atoms with E-state index in [0.717, 1.165) is 17.5 Å². The van der Waals surface area contributed by atoms with E-state index in [1.54, 1.807) is 12.1 Å². The first-order valence-corrected chi connectivity index (χ1v) is 9.18. The highest BCUT2D eigenvalue weighted by Gasteiger charge is 2.27. The van der Waals surface area contributed by atoms with Crippen molar-refractivity contribution in [3.8, 4) is 0 Å². The first-order chi connectivity index (χ1) is 12.2. The minimum atomic E-state index is -0.313. The number of carbonyl (C=O) groups excluding carboxylic acids is 1. The molecule has 1 fully saturated rings. The van der Waals surface area contributed by atoms with Gasteiger partial charge in [-0.25, -0.2) is 4.39 Å². The van der Waals surface area contributed by atoms with Crippen LogP contribution >= 0.6 is 0 Å². The van der Waals surface area contributed by atoms with Crippen LogP contribution < -0.4 is 0 Å². The molecule has 0 aromatic heterocycles. The van der Waals surface area contributed by atoms with E-state index < -0.39 is 0 Å². The van der Waals surface area contributed by atoms with Gasteiger partial charge in [0.2, 0.25) is 0 Å². The molecule has 0 aliphatic heterocycles. The molecule has 3 rings (SSSR count). The second-order valence-corrected chi connectivity index (χ2v) is 6.94. The molecule has 0 saturated heterocycles. The third kappa shape index (κ3) is 5.15. The van der Waals surface area contributed by atoms with Crippen molar-refractivity contribution in [1.82, 2.24) is 0 Å². The number of benzene rings is 2. The maximum absolute atomic E-state index is 13.3. The van der Waals surface area contributed by atoms with Crippen LogP contribution in [0.2, 0.25) is 0 Å². The molecule has 1 atom stereocenters. The Morgan fingerprint density at radius 2 is 1.68 bits per heavy atom. The van der Waals surface area contributed by atoms with Gasteiger partial charge in [0.25, 0.3) is 0 Å². The number of carbonyl (C=O) groups is 1. The van der Waals surface area contributed by atoms with E-state index in [1.807, 2.05) is 30.3 Å². The van der Waals surface area contributed by atoms with Crippen LogP contribution in [0.5, 0.6) is 0 Å². The summed E-state index contributed by atoms with van der Waals surface area (Å²) in [7, 11) is 0. The molecule has 2 aromatic rings. The topological polar surface area (TPSA) is 26.3 Å². The summed E-state index contributed by atoms with van der Waals surface area (Å²) >= 11 is 0. The average Bonchev–Trinajstić information content (AvgIpc) is 2.67. The number of ether oxygens (including phenoxy) is 1. The Labute approximate surface area is 149 Å². The summed E-state index contributed by atoms with van der Waals surface area (Å²) < 4.78 is 18.8. The van der Waals surface area contributed by atoms with Gasteiger partial charge in [0.15, 0.2) is 0 Å². The molecule has 0 bridgehead atoms. The molecule has 2 aromatic carbocycles. The molecule has 1 aliphatic rings. The minimum Gasteiger partial charge on any atom is -0.460 e. The largest absolute Gasteiger partial charge is 0.460 e. The number of hydrogen-bond acceptors (Lipinski definition) is 2. The zero-order chi connectivity index (χ0) is 17.5. The SMILES string of the molecule is O=C(OCc1ccccc1)[C@H](CC1CCCCC1)c1ccc(F)cc1. The van der Waals surface area contributed by atoms with E-state index in [4.69, 9.17) is 4.74 Å². The Morgan fingerprint density at radius 1 is 1.00 bits per heavy atom. The number of halogens is 1. The molecule has 0 spiro atoms. The number of rotatable bonds is 6. The zero-order valence-corrected chi connectivity index (χ0v) is 14.5. The molecule has 0 unspecified atom stereocenters. The molecule has 0 radical (unpaired) electrons. The molecule has 0 N–H and O–H groups in total. The second-order valence-electron chi connectivity index (χ2n) is 6.94. The van der Waals surface area contributed by atoms with Crippen LogP contribution in [0.4, 0.5) is 4.39 Å². The second kappa shape index (κ2) is 8.80. The van der Waals surface area contributed by atoms with Crippen LogP contribution in [0.15, 0.2) is 54.6 Å². The van der Waals surface area contributed by atoms with Gasteiger partial charge >= 0.3 is 5.97 Å². The Balaban J connectivity index is 1.70. The van der Waals surface area contributed by atoms with E-state index in [9.17, 15) is 9.18 Å². The Hall–Kier alpha value is -2.16. The predicted molar refractivity (Wildman–Crippen MR) is 96.6 cm³/mol. The lowest BCUT2D eigenvalue weighted by atomic mass is 9.80. The minimum absolute atomic E-state index is 0.207. The normalized spacial score (nSPS) is 16.4. The van der Waals surface area contributed by atoms with Crippen molar-refractivity contribution in [1.29, 1.82) is 0 Å². The number of hydrogen-bond donors (Lipinski definition) is 0. The smallest absolute Gasteiger partial charge is 0.313 e. The maximum Gasteiger partial charge on any atom is 0.313 e. The maximum atomic E-state index is 13.3. The van der Waals surface area contributed by atoms with Crippen LogP contribution in [0.3, 0.4) is 0 Å². The Kier molecular flexibility index (Phi) is 6.21. The summed E-state index contributed by atoms with van der Waals surface area (Å²) in [6.07, 6.45) is 6.89. The van der Waals surface area contributed by atoms with E-state index in [2.05, 4.69) is 0 Å². The molecular weight excluding hydrogens is 315 g/mol. The van der Waals surface area contributed by atoms with E-state index in [1.165, 1.54) is 44.2 Å². The molecule has 132 valence electrons. The fraction of sp³-hybridized carbons (Fsp3) is 0.409. The average molecular weight is 340 g/mol. The molecule has 1 aliphatic carbocycles. The van der Waals surface area contributed by atoms with Gasteiger partial charge in [0.1, 0.15) is 12.4 Å². The summed E-state index contributed by atoms with van der Waals surface area (Å²) in [4.78, 5) is 12.8. The van der Waals surface area contributed by atoms with Gasteiger partial charge in [-0.15, -0.1) is 0 Å². The summed E-state index contributed by atoms with van der Waals surface area (Å²) in [6.45, 7) is 0.280. The van der Waals surface area contributed by atoms with E-state index in [-0.39, 0.29) is 24.3 Å². The van der Waals surface area contributed by atoms with Crippen LogP contribution in [-0.4, -0.2) is 5.97 Å². The summed E-state index contributed by atoms with van der Waals surface area (Å²) in [6, 6.07) is 16.0. The van der Waals surface area contributed by atoms with Crippen LogP contribution in [0, 0.1) is 11.7 Å². The molecular formula is C22H25FO2. The molecule has 0 amide bonds. The van der Waals surface area contributed by atoms with Gasteiger partial charge in [-0.05, 0) is 35.6 Å². The van der Waals surface area contributed by atoms with Crippen molar-refractivity contribution >= 4 is 5.97 Å². The molecule has 25 heavy (non-hydrogen) atoms. The third-order valence-corrected chi connectivity index (χ3v) is 5.07. The summed E-state index contributed by atoms with van der Waals surface area (Å²) in [5.41, 5.74) is 1.83. The van der Waals surface area contributed by atoms with Gasteiger partial charge in [-0.2, -0.15) is 0 Å². The molecule has 3 heteroatoms. The first-order valence-electron chi connectivity index (χ1n) is 9.18. The van der Waals surface area contributed by atoms with Crippen LogP contribution in [-0.2, 0) is 16.1 Å². The van der Waals surface area contributed by atoms with Crippen molar-refractivity contribution in [2.75, 3.05) is 0 Å². The first kappa shape index (κ1) is 17.7. The van der Waals surface area contributed by atoms with E-state index >= 15 is 0 Å². The monoisotopic (exact) mass is 340 g/mol. The van der Waals surface area contributed by atoms with Crippen molar-refractivity contribution in [3.63, 3.8) is 0 Å². The van der Waals surface area contributed by atoms with Gasteiger partial charge in [-0.3, -0.25) is 4.79 Å². The van der Waals surface area contributed by atoms with Crippen molar-refractivity contribution in [3.05, 3.63) is 71.5 Å². The highest BCUT2D eigenvalue weighted by molar-refractivity contribution is 5.78. The van der Waals surface area contributed by atoms with Crippen molar-refractivity contribution in [2.45, 2.75) is 51.0 Å². The fourth-order valence-electron chi connectivity index (χ4n) is 3.65. The molecule has 2 nitrogen and oxygen atoms in total. The number of esters is 1. The van der Waals surface area contributed by atoms with Crippen LogP contribution in [0.1, 0.15) is 55.6 Å². The quantitative estimate of drug-likeness (QED) is 0.638. The molecule has 0 heterocycles. The van der Waals surface area contributed by atoms with Gasteiger partial charge in [-0.1, -0.05) is 74.6 Å². The lowest BCUT2D eigenvalue weighted by Gasteiger charge is -2.26. The fourth-order valence-corrected chi connectivity index (χ4v) is 3.65.